The number of amides is 1. The molecule has 0 radical (unpaired) electrons. The summed E-state index contributed by atoms with van der Waals surface area (Å²) in [6.07, 6.45) is 2.70. The van der Waals surface area contributed by atoms with Gasteiger partial charge < -0.3 is 18.9 Å². The van der Waals surface area contributed by atoms with Crippen LogP contribution in [-0.4, -0.2) is 51.8 Å². The lowest BCUT2D eigenvalue weighted by molar-refractivity contribution is 0.0178. The molecule has 1 fully saturated rings. The summed E-state index contributed by atoms with van der Waals surface area (Å²) in [4.78, 5) is 30.9. The van der Waals surface area contributed by atoms with E-state index in [1.54, 1.807) is 11.8 Å². The molecule has 1 saturated heterocycles. The van der Waals surface area contributed by atoms with Gasteiger partial charge in [-0.25, -0.2) is 14.6 Å². The molecule has 0 aliphatic carbocycles. The van der Waals surface area contributed by atoms with Gasteiger partial charge in [0, 0.05) is 19.6 Å². The molecule has 1 aromatic carbocycles. The van der Waals surface area contributed by atoms with E-state index < -0.39 is 11.6 Å². The molecule has 1 aliphatic heterocycles. The van der Waals surface area contributed by atoms with Crippen LogP contribution < -0.4 is 0 Å². The molecule has 7 heteroatoms. The summed E-state index contributed by atoms with van der Waals surface area (Å²) in [5.74, 6) is 0.298. The van der Waals surface area contributed by atoms with Crippen LogP contribution in [0.15, 0.2) is 24.3 Å². The molecule has 2 heterocycles. The Hall–Kier alpha value is -2.57. The molecule has 2 aromatic rings. The highest BCUT2D eigenvalue weighted by atomic mass is 16.6. The van der Waals surface area contributed by atoms with E-state index >= 15 is 0 Å². The van der Waals surface area contributed by atoms with Crippen molar-refractivity contribution in [1.29, 1.82) is 0 Å². The van der Waals surface area contributed by atoms with Crippen molar-refractivity contribution in [2.24, 2.45) is 5.92 Å². The van der Waals surface area contributed by atoms with Gasteiger partial charge in [-0.15, -0.1) is 0 Å². The fourth-order valence-corrected chi connectivity index (χ4v) is 3.49. The summed E-state index contributed by atoms with van der Waals surface area (Å²) in [6.45, 7) is 14.0. The van der Waals surface area contributed by atoms with Crippen LogP contribution in [0.2, 0.25) is 0 Å². The third kappa shape index (κ3) is 6.97. The van der Waals surface area contributed by atoms with Crippen molar-refractivity contribution >= 4 is 23.1 Å². The second-order valence-corrected chi connectivity index (χ2v) is 8.87. The Morgan fingerprint density at radius 1 is 1.10 bits per heavy atom. The molecule has 1 amide bonds. The van der Waals surface area contributed by atoms with Crippen molar-refractivity contribution in [1.82, 2.24) is 14.5 Å². The van der Waals surface area contributed by atoms with E-state index in [4.69, 9.17) is 9.47 Å². The lowest BCUT2D eigenvalue weighted by Gasteiger charge is -2.33. The van der Waals surface area contributed by atoms with Gasteiger partial charge in [-0.1, -0.05) is 32.4 Å². The molecule has 0 atom stereocenters. The van der Waals surface area contributed by atoms with Gasteiger partial charge in [-0.2, -0.15) is 0 Å². The van der Waals surface area contributed by atoms with Crippen molar-refractivity contribution in [2.45, 2.75) is 73.0 Å². The van der Waals surface area contributed by atoms with Crippen LogP contribution in [-0.2, 0) is 16.0 Å². The zero-order valence-electron chi connectivity index (χ0n) is 19.8. The molecule has 1 aliphatic rings. The van der Waals surface area contributed by atoms with Gasteiger partial charge in [0.1, 0.15) is 5.60 Å². The summed E-state index contributed by atoms with van der Waals surface area (Å²) in [5.41, 5.74) is 1.23. The number of hydrogen-bond acceptors (Lipinski definition) is 5. The second-order valence-electron chi connectivity index (χ2n) is 8.87. The Labute approximate surface area is 185 Å². The van der Waals surface area contributed by atoms with Gasteiger partial charge in [-0.3, -0.25) is 0 Å². The molecule has 0 saturated carbocycles. The maximum atomic E-state index is 12.4. The SMILES string of the molecule is CCC.CCOC(=O)c1nc2ccccc2n1CC1CCN(C(=O)OC(C)(C)C)CC1. The van der Waals surface area contributed by atoms with Gasteiger partial charge in [0.2, 0.25) is 5.82 Å². The minimum Gasteiger partial charge on any atom is -0.460 e. The Balaban J connectivity index is 0.00000107. The number of piperidine rings is 1. The average molecular weight is 432 g/mol. The van der Waals surface area contributed by atoms with E-state index in [1.165, 1.54) is 6.42 Å². The number of fused-ring (bicyclic) bond motifs is 1. The smallest absolute Gasteiger partial charge is 0.410 e. The summed E-state index contributed by atoms with van der Waals surface area (Å²) in [5, 5.41) is 0. The summed E-state index contributed by atoms with van der Waals surface area (Å²) >= 11 is 0. The van der Waals surface area contributed by atoms with Crippen LogP contribution >= 0.6 is 0 Å². The fourth-order valence-electron chi connectivity index (χ4n) is 3.49. The first-order valence-corrected chi connectivity index (χ1v) is 11.3. The molecule has 0 unspecified atom stereocenters. The maximum Gasteiger partial charge on any atom is 0.410 e. The van der Waals surface area contributed by atoms with E-state index in [0.717, 1.165) is 23.9 Å². The lowest BCUT2D eigenvalue weighted by Crippen LogP contribution is -2.42. The third-order valence-electron chi connectivity index (χ3n) is 4.82. The quantitative estimate of drug-likeness (QED) is 0.616. The average Bonchev–Trinajstić information content (AvgIpc) is 3.07. The van der Waals surface area contributed by atoms with Gasteiger partial charge in [-0.05, 0) is 58.6 Å². The van der Waals surface area contributed by atoms with Crippen LogP contribution in [0.3, 0.4) is 0 Å². The van der Waals surface area contributed by atoms with E-state index in [2.05, 4.69) is 18.8 Å². The van der Waals surface area contributed by atoms with E-state index in [0.29, 0.717) is 38.0 Å². The lowest BCUT2D eigenvalue weighted by atomic mass is 9.97. The number of likely N-dealkylation sites (tertiary alicyclic amines) is 1. The molecular formula is C24H37N3O4. The molecule has 0 bridgehead atoms. The topological polar surface area (TPSA) is 73.7 Å². The van der Waals surface area contributed by atoms with Crippen molar-refractivity contribution < 1.29 is 19.1 Å². The maximum absolute atomic E-state index is 12.4. The van der Waals surface area contributed by atoms with Crippen molar-refractivity contribution in [3.05, 3.63) is 30.1 Å². The first-order chi connectivity index (χ1) is 14.7. The number of para-hydroxylation sites is 2. The minimum atomic E-state index is -0.488. The number of aromatic nitrogens is 2. The Kier molecular flexibility index (Phi) is 8.89. The molecular weight excluding hydrogens is 394 g/mol. The van der Waals surface area contributed by atoms with E-state index in [-0.39, 0.29) is 6.09 Å². The number of imidazole rings is 1. The Morgan fingerprint density at radius 3 is 2.29 bits per heavy atom. The van der Waals surface area contributed by atoms with E-state index in [1.807, 2.05) is 49.6 Å². The Morgan fingerprint density at radius 2 is 1.71 bits per heavy atom. The van der Waals surface area contributed by atoms with Crippen LogP contribution in [0.25, 0.3) is 11.0 Å². The molecule has 172 valence electrons. The highest BCUT2D eigenvalue weighted by Crippen LogP contribution is 2.25. The van der Waals surface area contributed by atoms with Crippen LogP contribution in [0.5, 0.6) is 0 Å². The van der Waals surface area contributed by atoms with Crippen molar-refractivity contribution in [2.75, 3.05) is 19.7 Å². The molecule has 0 spiro atoms. The fraction of sp³-hybridized carbons (Fsp3) is 0.625. The zero-order chi connectivity index (χ0) is 23.0. The number of rotatable bonds is 4. The largest absolute Gasteiger partial charge is 0.460 e. The van der Waals surface area contributed by atoms with Gasteiger partial charge in [0.25, 0.3) is 0 Å². The molecule has 1 aromatic heterocycles. The normalized spacial score (nSPS) is 14.7. The molecule has 7 nitrogen and oxygen atoms in total. The standard InChI is InChI=1S/C21H29N3O4.C3H8/c1-5-27-19(25)18-22-16-8-6-7-9-17(16)24(18)14-15-10-12-23(13-11-15)20(26)28-21(2,3)4;1-3-2/h6-9,15H,5,10-14H2,1-4H3;3H2,1-2H3. The first-order valence-electron chi connectivity index (χ1n) is 11.3. The Bertz CT molecular complexity index is 861. The highest BCUT2D eigenvalue weighted by Gasteiger charge is 2.28. The monoisotopic (exact) mass is 431 g/mol. The minimum absolute atomic E-state index is 0.258. The third-order valence-corrected chi connectivity index (χ3v) is 4.82. The van der Waals surface area contributed by atoms with Gasteiger partial charge >= 0.3 is 12.1 Å². The number of carbonyl (C=O) groups is 2. The summed E-state index contributed by atoms with van der Waals surface area (Å²) < 4.78 is 12.6. The number of nitrogens with zero attached hydrogens (tertiary/aromatic N) is 3. The summed E-state index contributed by atoms with van der Waals surface area (Å²) in [7, 11) is 0. The van der Waals surface area contributed by atoms with Gasteiger partial charge in [0.15, 0.2) is 0 Å². The number of ether oxygens (including phenoxy) is 2. The van der Waals surface area contributed by atoms with Crippen LogP contribution in [0.4, 0.5) is 4.79 Å². The van der Waals surface area contributed by atoms with Gasteiger partial charge in [0.05, 0.1) is 17.6 Å². The number of esters is 1. The van der Waals surface area contributed by atoms with Crippen molar-refractivity contribution in [3.8, 4) is 0 Å². The molecule has 31 heavy (non-hydrogen) atoms. The molecule has 0 N–H and O–H groups in total. The predicted molar refractivity (Wildman–Crippen MR) is 122 cm³/mol. The van der Waals surface area contributed by atoms with Crippen molar-refractivity contribution in [3.63, 3.8) is 0 Å². The predicted octanol–water partition coefficient (Wildman–Crippen LogP) is 5.28. The second kappa shape index (κ2) is 11.2. The van der Waals surface area contributed by atoms with Crippen LogP contribution in [0, 0.1) is 5.92 Å². The summed E-state index contributed by atoms with van der Waals surface area (Å²) in [6, 6.07) is 7.73. The zero-order valence-corrected chi connectivity index (χ0v) is 19.8. The number of hydrogen-bond donors (Lipinski definition) is 0. The number of carbonyl (C=O) groups excluding carboxylic acids is 2. The molecule has 3 rings (SSSR count). The number of benzene rings is 1. The highest BCUT2D eigenvalue weighted by molar-refractivity contribution is 5.91. The van der Waals surface area contributed by atoms with E-state index in [9.17, 15) is 9.59 Å². The van der Waals surface area contributed by atoms with Crippen LogP contribution in [0.1, 0.15) is 71.4 Å². The first kappa shape index (κ1) is 24.7.